The maximum atomic E-state index is 2.42. The first-order chi connectivity index (χ1) is 14.8. The van der Waals surface area contributed by atoms with E-state index in [-0.39, 0.29) is 0 Å². The van der Waals surface area contributed by atoms with E-state index in [1.54, 1.807) is 0 Å². The summed E-state index contributed by atoms with van der Waals surface area (Å²) >= 11 is 7.75. The first kappa shape index (κ1) is 16.2. The third kappa shape index (κ3) is 2.00. The summed E-state index contributed by atoms with van der Waals surface area (Å²) in [6.07, 6.45) is 0. The van der Waals surface area contributed by atoms with Gasteiger partial charge in [-0.25, -0.2) is 0 Å². The van der Waals surface area contributed by atoms with Crippen molar-refractivity contribution in [2.24, 2.45) is 0 Å². The molecule has 0 bridgehead atoms. The topological polar surface area (TPSA) is 0 Å². The van der Waals surface area contributed by atoms with Crippen molar-refractivity contribution in [1.82, 2.24) is 0 Å². The molecule has 0 unspecified atom stereocenters. The summed E-state index contributed by atoms with van der Waals surface area (Å²) in [5, 5.41) is 8.32. The predicted molar refractivity (Wildman–Crippen MR) is 140 cm³/mol. The van der Waals surface area contributed by atoms with E-state index in [1.165, 1.54) is 69.9 Å². The number of hydrogen-bond donors (Lipinski definition) is 0. The predicted octanol–water partition coefficient (Wildman–Crippen LogP) is 10.0. The first-order valence-corrected chi connectivity index (χ1v) is 13.1. The van der Waals surface area contributed by atoms with Gasteiger partial charge in [-0.15, -0.1) is 45.3 Å². The van der Waals surface area contributed by atoms with Crippen LogP contribution in [0.25, 0.3) is 69.9 Å². The molecule has 8 rings (SSSR count). The van der Waals surface area contributed by atoms with Crippen LogP contribution in [0, 0.1) is 0 Å². The van der Waals surface area contributed by atoms with Gasteiger partial charge in [0.15, 0.2) is 0 Å². The van der Waals surface area contributed by atoms with Crippen molar-refractivity contribution in [3.05, 3.63) is 72.8 Å². The third-order valence-electron chi connectivity index (χ3n) is 6.05. The lowest BCUT2D eigenvalue weighted by Gasteiger charge is -2.00. The van der Waals surface area contributed by atoms with Crippen LogP contribution in [-0.2, 0) is 0 Å². The third-order valence-corrected chi connectivity index (χ3v) is 11.1. The minimum Gasteiger partial charge on any atom is -0.134 e. The van der Waals surface area contributed by atoms with Crippen molar-refractivity contribution in [2.45, 2.75) is 0 Å². The fraction of sp³-hybridized carbons (Fsp3) is 0. The standard InChI is InChI=1S/C26H12S4/c1-3-7-19-15(5-1)23-25(27-19)17-9-13-12-22-18(10-14(13)11-21(17)29-23)26-24(30-22)16-6-2-4-8-20(16)28-26/h1-12H. The van der Waals surface area contributed by atoms with Crippen LogP contribution in [0.4, 0.5) is 0 Å². The van der Waals surface area contributed by atoms with Crippen LogP contribution in [0.2, 0.25) is 0 Å². The van der Waals surface area contributed by atoms with Gasteiger partial charge >= 0.3 is 0 Å². The Bertz CT molecular complexity index is 1810. The Morgan fingerprint density at radius 2 is 0.767 bits per heavy atom. The quantitative estimate of drug-likeness (QED) is 0.215. The molecule has 4 heterocycles. The Hall–Kier alpha value is -2.50. The van der Waals surface area contributed by atoms with Crippen LogP contribution in [0.1, 0.15) is 0 Å². The van der Waals surface area contributed by atoms with Gasteiger partial charge in [-0.1, -0.05) is 36.4 Å². The van der Waals surface area contributed by atoms with Crippen molar-refractivity contribution in [3.63, 3.8) is 0 Å². The van der Waals surface area contributed by atoms with E-state index in [4.69, 9.17) is 0 Å². The van der Waals surface area contributed by atoms with Crippen LogP contribution in [0.3, 0.4) is 0 Å². The van der Waals surface area contributed by atoms with Crippen LogP contribution >= 0.6 is 45.3 Å². The number of benzene rings is 4. The highest BCUT2D eigenvalue weighted by atomic mass is 32.1. The monoisotopic (exact) mass is 452 g/mol. The van der Waals surface area contributed by atoms with Crippen LogP contribution in [0.5, 0.6) is 0 Å². The highest BCUT2D eigenvalue weighted by Crippen LogP contribution is 2.48. The molecular weight excluding hydrogens is 441 g/mol. The average molecular weight is 453 g/mol. The fourth-order valence-electron chi connectivity index (χ4n) is 4.65. The van der Waals surface area contributed by atoms with Gasteiger partial charge < -0.3 is 0 Å². The second-order valence-electron chi connectivity index (χ2n) is 7.76. The van der Waals surface area contributed by atoms with Gasteiger partial charge in [-0.2, -0.15) is 0 Å². The summed E-state index contributed by atoms with van der Waals surface area (Å²) in [7, 11) is 0. The molecule has 0 radical (unpaired) electrons. The molecule has 4 aromatic carbocycles. The number of rotatable bonds is 0. The average Bonchev–Trinajstić information content (AvgIpc) is 3.49. The van der Waals surface area contributed by atoms with Crippen molar-refractivity contribution in [2.75, 3.05) is 0 Å². The minimum absolute atomic E-state index is 1.35. The van der Waals surface area contributed by atoms with E-state index in [1.807, 2.05) is 45.3 Å². The molecule has 0 aliphatic heterocycles. The molecule has 0 atom stereocenters. The van der Waals surface area contributed by atoms with Crippen molar-refractivity contribution in [1.29, 1.82) is 0 Å². The summed E-state index contributed by atoms with van der Waals surface area (Å²) in [6.45, 7) is 0. The number of hydrogen-bond acceptors (Lipinski definition) is 4. The Kier molecular flexibility index (Phi) is 3.03. The maximum absolute atomic E-state index is 2.42. The van der Waals surface area contributed by atoms with Gasteiger partial charge in [0.25, 0.3) is 0 Å². The maximum Gasteiger partial charge on any atom is 0.0542 e. The molecule has 0 aliphatic rings. The second kappa shape index (κ2) is 5.59. The number of fused-ring (bicyclic) bond motifs is 11. The lowest BCUT2D eigenvalue weighted by molar-refractivity contribution is 1.87. The summed E-state index contributed by atoms with van der Waals surface area (Å²) in [6, 6.07) is 27.3. The smallest absolute Gasteiger partial charge is 0.0542 e. The molecular formula is C26H12S4. The zero-order chi connectivity index (χ0) is 19.4. The molecule has 30 heavy (non-hydrogen) atoms. The van der Waals surface area contributed by atoms with Gasteiger partial charge in [0, 0.05) is 40.3 Å². The van der Waals surface area contributed by atoms with E-state index in [2.05, 4.69) is 72.8 Å². The van der Waals surface area contributed by atoms with E-state index in [0.29, 0.717) is 0 Å². The van der Waals surface area contributed by atoms with E-state index in [0.717, 1.165) is 0 Å². The molecule has 0 fully saturated rings. The normalized spacial score (nSPS) is 12.7. The van der Waals surface area contributed by atoms with Gasteiger partial charge in [0.05, 0.1) is 18.8 Å². The molecule has 0 aliphatic carbocycles. The summed E-state index contributed by atoms with van der Waals surface area (Å²) < 4.78 is 11.3. The van der Waals surface area contributed by atoms with Crippen LogP contribution in [0.15, 0.2) is 72.8 Å². The fourth-order valence-corrected chi connectivity index (χ4v) is 10.0. The van der Waals surface area contributed by atoms with Gasteiger partial charge in [0.1, 0.15) is 0 Å². The van der Waals surface area contributed by atoms with Gasteiger partial charge in [-0.05, 0) is 47.2 Å². The largest absolute Gasteiger partial charge is 0.134 e. The summed E-state index contributed by atoms with van der Waals surface area (Å²) in [5.74, 6) is 0. The lowest BCUT2D eigenvalue weighted by Crippen LogP contribution is -1.73. The molecule has 0 amide bonds. The van der Waals surface area contributed by atoms with Crippen LogP contribution in [-0.4, -0.2) is 0 Å². The van der Waals surface area contributed by atoms with Crippen molar-refractivity contribution in [3.8, 4) is 0 Å². The Morgan fingerprint density at radius 1 is 0.367 bits per heavy atom. The molecule has 8 aromatic rings. The molecule has 140 valence electrons. The highest BCUT2D eigenvalue weighted by Gasteiger charge is 2.15. The van der Waals surface area contributed by atoms with Gasteiger partial charge in [0.2, 0.25) is 0 Å². The molecule has 0 saturated carbocycles. The zero-order valence-electron chi connectivity index (χ0n) is 15.6. The van der Waals surface area contributed by atoms with Crippen molar-refractivity contribution < 1.29 is 0 Å². The van der Waals surface area contributed by atoms with Gasteiger partial charge in [-0.3, -0.25) is 0 Å². The Labute approximate surface area is 187 Å². The highest BCUT2D eigenvalue weighted by molar-refractivity contribution is 7.37. The van der Waals surface area contributed by atoms with E-state index in [9.17, 15) is 0 Å². The first-order valence-electron chi connectivity index (χ1n) is 9.85. The van der Waals surface area contributed by atoms with Crippen LogP contribution < -0.4 is 0 Å². The second-order valence-corrected chi connectivity index (χ2v) is 12.0. The molecule has 0 spiro atoms. The molecule has 0 nitrogen and oxygen atoms in total. The van der Waals surface area contributed by atoms with Crippen molar-refractivity contribution >= 4 is 115 Å². The SMILES string of the molecule is c1ccc2c(c1)sc1c3cc4cc5sc6c7ccccc7sc6c5cc4cc3sc21. The minimum atomic E-state index is 1.35. The van der Waals surface area contributed by atoms with E-state index >= 15 is 0 Å². The number of thiophene rings is 4. The lowest BCUT2D eigenvalue weighted by atomic mass is 10.1. The zero-order valence-corrected chi connectivity index (χ0v) is 18.8. The molecule has 4 heteroatoms. The molecule has 4 aromatic heterocycles. The summed E-state index contributed by atoms with van der Waals surface area (Å²) in [4.78, 5) is 0. The molecule has 0 saturated heterocycles. The molecule has 0 N–H and O–H groups in total. The Balaban J connectivity index is 1.50. The van der Waals surface area contributed by atoms with E-state index < -0.39 is 0 Å². The summed E-state index contributed by atoms with van der Waals surface area (Å²) in [5.41, 5.74) is 0. The Morgan fingerprint density at radius 3 is 1.27 bits per heavy atom.